The number of nitrogens with zero attached hydrogens (tertiary/aromatic N) is 3. The molecule has 0 bridgehead atoms. The number of hydrogen-bond donors (Lipinski definition) is 0. The lowest BCUT2D eigenvalue weighted by atomic mass is 9.83. The number of amides is 1. The van der Waals surface area contributed by atoms with Crippen molar-refractivity contribution in [2.24, 2.45) is 0 Å². The molecular weight excluding hydrogens is 362 g/mol. The Balaban J connectivity index is 1.61. The van der Waals surface area contributed by atoms with Gasteiger partial charge in [0.25, 0.3) is 5.56 Å². The molecule has 1 aromatic heterocycles. The molecule has 5 nitrogen and oxygen atoms in total. The summed E-state index contributed by atoms with van der Waals surface area (Å²) in [5.74, 6) is 0.196. The fourth-order valence-corrected chi connectivity index (χ4v) is 4.33. The first-order chi connectivity index (χ1) is 14.1. The summed E-state index contributed by atoms with van der Waals surface area (Å²) in [6.07, 6.45) is 4.08. The third-order valence-electron chi connectivity index (χ3n) is 5.82. The van der Waals surface area contributed by atoms with E-state index in [0.717, 1.165) is 6.42 Å². The number of carbonyl (C=O) groups is 1. The highest BCUT2D eigenvalue weighted by molar-refractivity contribution is 5.77. The van der Waals surface area contributed by atoms with Gasteiger partial charge in [-0.2, -0.15) is 0 Å². The van der Waals surface area contributed by atoms with Crippen molar-refractivity contribution in [2.45, 2.75) is 38.3 Å². The Morgan fingerprint density at radius 1 is 1.07 bits per heavy atom. The molecule has 0 fully saturated rings. The topological polar surface area (TPSA) is 55.2 Å². The van der Waals surface area contributed by atoms with Gasteiger partial charge in [-0.15, -0.1) is 0 Å². The van der Waals surface area contributed by atoms with Crippen LogP contribution in [-0.2, 0) is 17.8 Å². The molecule has 3 aromatic rings. The summed E-state index contributed by atoms with van der Waals surface area (Å²) in [5, 5.41) is 0. The first-order valence-corrected chi connectivity index (χ1v) is 10.1. The summed E-state index contributed by atoms with van der Waals surface area (Å²) in [6, 6.07) is 20.3. The van der Waals surface area contributed by atoms with E-state index < -0.39 is 0 Å². The predicted octanol–water partition coefficient (Wildman–Crippen LogP) is 3.24. The van der Waals surface area contributed by atoms with Gasteiger partial charge in [-0.25, -0.2) is 4.98 Å². The monoisotopic (exact) mass is 387 g/mol. The average molecular weight is 387 g/mol. The molecule has 0 radical (unpaired) electrons. The highest BCUT2D eigenvalue weighted by atomic mass is 16.2. The van der Waals surface area contributed by atoms with Crippen LogP contribution in [0.25, 0.3) is 0 Å². The number of hydrogen-bond acceptors (Lipinski definition) is 3. The molecule has 148 valence electrons. The second-order valence-corrected chi connectivity index (χ2v) is 7.53. The molecule has 5 heteroatoms. The van der Waals surface area contributed by atoms with Crippen LogP contribution in [0.3, 0.4) is 0 Å². The van der Waals surface area contributed by atoms with Gasteiger partial charge in [0.05, 0.1) is 6.33 Å². The Morgan fingerprint density at radius 2 is 1.83 bits per heavy atom. The lowest BCUT2D eigenvalue weighted by molar-refractivity contribution is -0.133. The smallest absolute Gasteiger partial charge is 0.253 e. The van der Waals surface area contributed by atoms with Crippen LogP contribution in [0.15, 0.2) is 78.0 Å². The zero-order valence-corrected chi connectivity index (χ0v) is 16.6. The van der Waals surface area contributed by atoms with E-state index in [1.54, 1.807) is 0 Å². The molecule has 2 atom stereocenters. The first-order valence-electron chi connectivity index (χ1n) is 10.1. The summed E-state index contributed by atoms with van der Waals surface area (Å²) in [7, 11) is 0. The normalized spacial score (nSPS) is 18.7. The van der Waals surface area contributed by atoms with Crippen molar-refractivity contribution < 1.29 is 4.79 Å². The molecule has 0 unspecified atom stereocenters. The summed E-state index contributed by atoms with van der Waals surface area (Å²) >= 11 is 0. The molecule has 29 heavy (non-hydrogen) atoms. The summed E-state index contributed by atoms with van der Waals surface area (Å²) in [6.45, 7) is 3.16. The van der Waals surface area contributed by atoms with E-state index in [2.05, 4.69) is 60.4 Å². The summed E-state index contributed by atoms with van der Waals surface area (Å²) in [5.41, 5.74) is 3.68. The number of aryl methyl sites for hydroxylation is 1. The van der Waals surface area contributed by atoms with Gasteiger partial charge >= 0.3 is 0 Å². The molecule has 0 saturated heterocycles. The van der Waals surface area contributed by atoms with Crippen LogP contribution in [0.2, 0.25) is 0 Å². The first kappa shape index (κ1) is 19.1. The van der Waals surface area contributed by atoms with E-state index in [1.807, 2.05) is 11.0 Å². The van der Waals surface area contributed by atoms with Gasteiger partial charge in [-0.3, -0.25) is 14.2 Å². The predicted molar refractivity (Wildman–Crippen MR) is 113 cm³/mol. The molecule has 0 aliphatic carbocycles. The Hall–Kier alpha value is -3.21. The van der Waals surface area contributed by atoms with Crippen molar-refractivity contribution in [2.75, 3.05) is 6.54 Å². The van der Waals surface area contributed by atoms with Gasteiger partial charge in [-0.1, -0.05) is 54.6 Å². The highest BCUT2D eigenvalue weighted by Gasteiger charge is 2.33. The second-order valence-electron chi connectivity index (χ2n) is 7.53. The van der Waals surface area contributed by atoms with E-state index in [0.29, 0.717) is 13.1 Å². The quantitative estimate of drug-likeness (QED) is 0.691. The van der Waals surface area contributed by atoms with Crippen LogP contribution in [0, 0.1) is 0 Å². The number of carbonyl (C=O) groups excluding carboxylic acids is 1. The minimum atomic E-state index is -0.133. The molecule has 2 heterocycles. The molecule has 1 aliphatic heterocycles. The molecular formula is C24H25N3O2. The maximum atomic E-state index is 13.2. The van der Waals surface area contributed by atoms with Crippen LogP contribution < -0.4 is 5.56 Å². The summed E-state index contributed by atoms with van der Waals surface area (Å²) in [4.78, 5) is 31.0. The van der Waals surface area contributed by atoms with Crippen LogP contribution in [0.5, 0.6) is 0 Å². The van der Waals surface area contributed by atoms with Gasteiger partial charge < -0.3 is 4.90 Å². The standard InChI is InChI=1S/C24H25N3O2/c1-18-24(20-8-3-2-4-9-20)21-10-6-5-7-19(21)12-16-27(18)23(29)13-15-26-17-25-14-11-22(26)28/h2-11,14,17-18,24H,12-13,15-16H2,1H3/t18-,24+/m1/s1. The van der Waals surface area contributed by atoms with Crippen LogP contribution >= 0.6 is 0 Å². The molecule has 0 N–H and O–H groups in total. The van der Waals surface area contributed by atoms with Crippen LogP contribution in [-0.4, -0.2) is 32.9 Å². The third-order valence-corrected chi connectivity index (χ3v) is 5.82. The number of rotatable bonds is 4. The fourth-order valence-electron chi connectivity index (χ4n) is 4.33. The van der Waals surface area contributed by atoms with Crippen LogP contribution in [0.4, 0.5) is 0 Å². The zero-order valence-electron chi connectivity index (χ0n) is 16.6. The van der Waals surface area contributed by atoms with E-state index in [9.17, 15) is 9.59 Å². The second kappa shape index (κ2) is 8.43. The number of fused-ring (bicyclic) bond motifs is 1. The Bertz CT molecular complexity index is 1050. The largest absolute Gasteiger partial charge is 0.339 e. The van der Waals surface area contributed by atoms with E-state index in [-0.39, 0.29) is 29.8 Å². The highest BCUT2D eigenvalue weighted by Crippen LogP contribution is 2.35. The third kappa shape index (κ3) is 3.99. The van der Waals surface area contributed by atoms with E-state index in [4.69, 9.17) is 0 Å². The Kier molecular flexibility index (Phi) is 5.56. The number of aromatic nitrogens is 2. The average Bonchev–Trinajstić information content (AvgIpc) is 2.89. The minimum Gasteiger partial charge on any atom is -0.339 e. The van der Waals surface area contributed by atoms with E-state index in [1.165, 1.54) is 39.8 Å². The molecule has 2 aromatic carbocycles. The van der Waals surface area contributed by atoms with Gasteiger partial charge in [0.1, 0.15) is 0 Å². The Morgan fingerprint density at radius 3 is 2.62 bits per heavy atom. The van der Waals surface area contributed by atoms with Gasteiger partial charge in [0, 0.05) is 43.7 Å². The zero-order chi connectivity index (χ0) is 20.2. The van der Waals surface area contributed by atoms with Crippen molar-refractivity contribution in [3.8, 4) is 0 Å². The van der Waals surface area contributed by atoms with Gasteiger partial charge in [0.15, 0.2) is 0 Å². The van der Waals surface area contributed by atoms with Crippen molar-refractivity contribution in [3.63, 3.8) is 0 Å². The van der Waals surface area contributed by atoms with Crippen molar-refractivity contribution in [1.29, 1.82) is 0 Å². The molecule has 1 amide bonds. The van der Waals surface area contributed by atoms with Crippen LogP contribution in [0.1, 0.15) is 36.0 Å². The van der Waals surface area contributed by atoms with E-state index >= 15 is 0 Å². The fraction of sp³-hybridized carbons (Fsp3) is 0.292. The van der Waals surface area contributed by atoms with Crippen molar-refractivity contribution in [3.05, 3.63) is 100 Å². The maximum absolute atomic E-state index is 13.2. The maximum Gasteiger partial charge on any atom is 0.253 e. The van der Waals surface area contributed by atoms with Gasteiger partial charge in [0.2, 0.25) is 5.91 Å². The van der Waals surface area contributed by atoms with Crippen molar-refractivity contribution in [1.82, 2.24) is 14.5 Å². The lowest BCUT2D eigenvalue weighted by Crippen LogP contribution is -2.42. The molecule has 0 spiro atoms. The number of benzene rings is 2. The Labute approximate surface area is 170 Å². The lowest BCUT2D eigenvalue weighted by Gasteiger charge is -2.33. The summed E-state index contributed by atoms with van der Waals surface area (Å²) < 4.78 is 1.49. The molecule has 4 rings (SSSR count). The minimum absolute atomic E-state index is 0.0270. The molecule has 0 saturated carbocycles. The SMILES string of the molecule is C[C@@H]1[C@@H](c2ccccc2)c2ccccc2CCN1C(=O)CCn1cnccc1=O. The van der Waals surface area contributed by atoms with Crippen molar-refractivity contribution >= 4 is 5.91 Å². The van der Waals surface area contributed by atoms with Gasteiger partial charge in [-0.05, 0) is 30.0 Å². The molecule has 1 aliphatic rings.